The molecule has 0 unspecified atom stereocenters. The summed E-state index contributed by atoms with van der Waals surface area (Å²) >= 11 is 0. The molecule has 1 fully saturated rings. The molecule has 0 N–H and O–H groups in total. The van der Waals surface area contributed by atoms with Crippen molar-refractivity contribution < 1.29 is 13.9 Å². The maximum absolute atomic E-state index is 13.1. The Bertz CT molecular complexity index is 442. The van der Waals surface area contributed by atoms with E-state index in [4.69, 9.17) is 4.74 Å². The van der Waals surface area contributed by atoms with Gasteiger partial charge in [0.1, 0.15) is 11.6 Å². The molecule has 0 spiro atoms. The van der Waals surface area contributed by atoms with Crippen molar-refractivity contribution in [3.8, 4) is 5.75 Å². The third-order valence-electron chi connectivity index (χ3n) is 3.40. The second kappa shape index (κ2) is 6.66. The van der Waals surface area contributed by atoms with Gasteiger partial charge in [0.25, 0.3) is 0 Å². The summed E-state index contributed by atoms with van der Waals surface area (Å²) in [6.45, 7) is 5.36. The van der Waals surface area contributed by atoms with Crippen molar-refractivity contribution in [1.29, 1.82) is 0 Å². The normalized spacial score (nSPS) is 15.7. The first-order valence-electron chi connectivity index (χ1n) is 6.82. The van der Waals surface area contributed by atoms with Crippen LogP contribution in [0.2, 0.25) is 0 Å². The molecule has 1 saturated heterocycles. The Kier molecular flexibility index (Phi) is 4.91. The first-order valence-corrected chi connectivity index (χ1v) is 6.82. The average molecular weight is 265 g/mol. The number of halogens is 1. The Morgan fingerprint density at radius 1 is 1.37 bits per heavy atom. The lowest BCUT2D eigenvalue weighted by Gasteiger charge is -2.15. The molecule has 104 valence electrons. The monoisotopic (exact) mass is 265 g/mol. The number of Topliss-reactive ketones (excluding diaryl/α,β-unsaturated/α-hetero) is 1. The van der Waals surface area contributed by atoms with Gasteiger partial charge in [-0.1, -0.05) is 0 Å². The summed E-state index contributed by atoms with van der Waals surface area (Å²) in [6, 6.07) is 4.09. The minimum Gasteiger partial charge on any atom is -0.493 e. The lowest BCUT2D eigenvalue weighted by molar-refractivity contribution is 0.101. The van der Waals surface area contributed by atoms with E-state index in [9.17, 15) is 9.18 Å². The van der Waals surface area contributed by atoms with E-state index in [1.807, 2.05) is 0 Å². The summed E-state index contributed by atoms with van der Waals surface area (Å²) in [6.07, 6.45) is 3.50. The highest BCUT2D eigenvalue weighted by atomic mass is 19.1. The number of ketones is 1. The molecule has 1 aliphatic rings. The predicted molar refractivity (Wildman–Crippen MR) is 72.2 cm³/mol. The van der Waals surface area contributed by atoms with E-state index in [0.29, 0.717) is 17.9 Å². The van der Waals surface area contributed by atoms with Crippen LogP contribution in [-0.2, 0) is 0 Å². The number of hydrogen-bond donors (Lipinski definition) is 0. The summed E-state index contributed by atoms with van der Waals surface area (Å²) < 4.78 is 18.7. The van der Waals surface area contributed by atoms with Crippen LogP contribution in [0.25, 0.3) is 0 Å². The number of rotatable bonds is 6. The van der Waals surface area contributed by atoms with Crippen LogP contribution < -0.4 is 4.74 Å². The summed E-state index contributed by atoms with van der Waals surface area (Å²) in [5, 5.41) is 0. The molecule has 19 heavy (non-hydrogen) atoms. The molecular weight excluding hydrogens is 245 g/mol. The topological polar surface area (TPSA) is 29.5 Å². The Labute approximate surface area is 113 Å². The predicted octanol–water partition coefficient (Wildman–Crippen LogP) is 2.89. The first-order chi connectivity index (χ1) is 9.16. The van der Waals surface area contributed by atoms with Gasteiger partial charge in [-0.3, -0.25) is 4.79 Å². The average Bonchev–Trinajstić information content (AvgIpc) is 2.89. The summed E-state index contributed by atoms with van der Waals surface area (Å²) in [7, 11) is 0. The molecule has 0 atom stereocenters. The van der Waals surface area contributed by atoms with Gasteiger partial charge in [-0.15, -0.1) is 0 Å². The molecule has 1 heterocycles. The molecule has 0 aliphatic carbocycles. The SMILES string of the molecule is CC(=O)c1cc(F)ccc1OCCCN1CCCC1. The zero-order chi connectivity index (χ0) is 13.7. The van der Waals surface area contributed by atoms with Gasteiger partial charge in [-0.05, 0) is 57.5 Å². The van der Waals surface area contributed by atoms with Gasteiger partial charge < -0.3 is 9.64 Å². The molecule has 4 heteroatoms. The fourth-order valence-electron chi connectivity index (χ4n) is 2.38. The smallest absolute Gasteiger partial charge is 0.163 e. The van der Waals surface area contributed by atoms with Crippen molar-refractivity contribution in [2.75, 3.05) is 26.2 Å². The number of hydrogen-bond acceptors (Lipinski definition) is 3. The highest BCUT2D eigenvalue weighted by Gasteiger charge is 2.12. The van der Waals surface area contributed by atoms with Gasteiger partial charge in [0.2, 0.25) is 0 Å². The Morgan fingerprint density at radius 3 is 2.79 bits per heavy atom. The van der Waals surface area contributed by atoms with Crippen molar-refractivity contribution in [3.63, 3.8) is 0 Å². The minimum absolute atomic E-state index is 0.172. The Morgan fingerprint density at radius 2 is 2.11 bits per heavy atom. The van der Waals surface area contributed by atoms with Gasteiger partial charge in [-0.2, -0.15) is 0 Å². The van der Waals surface area contributed by atoms with Gasteiger partial charge in [0.15, 0.2) is 5.78 Å². The second-order valence-corrected chi connectivity index (χ2v) is 4.95. The molecular formula is C15H20FNO2. The lowest BCUT2D eigenvalue weighted by Crippen LogP contribution is -2.22. The third kappa shape index (κ3) is 4.03. The third-order valence-corrected chi connectivity index (χ3v) is 3.40. The number of nitrogens with zero attached hydrogens (tertiary/aromatic N) is 1. The van der Waals surface area contributed by atoms with E-state index in [0.717, 1.165) is 13.0 Å². The first kappa shape index (κ1) is 14.0. The molecule has 3 nitrogen and oxygen atoms in total. The molecule has 0 radical (unpaired) electrons. The zero-order valence-corrected chi connectivity index (χ0v) is 11.3. The van der Waals surface area contributed by atoms with Crippen molar-refractivity contribution in [2.45, 2.75) is 26.2 Å². The highest BCUT2D eigenvalue weighted by molar-refractivity contribution is 5.96. The Hall–Kier alpha value is -1.42. The van der Waals surface area contributed by atoms with E-state index in [1.165, 1.54) is 51.1 Å². The van der Waals surface area contributed by atoms with Crippen molar-refractivity contribution >= 4 is 5.78 Å². The number of carbonyl (C=O) groups is 1. The van der Waals surface area contributed by atoms with Crippen molar-refractivity contribution in [3.05, 3.63) is 29.6 Å². The van der Waals surface area contributed by atoms with Crippen LogP contribution in [0.5, 0.6) is 5.75 Å². The molecule has 1 aliphatic heterocycles. The van der Waals surface area contributed by atoms with Gasteiger partial charge in [-0.25, -0.2) is 4.39 Å². The maximum Gasteiger partial charge on any atom is 0.163 e. The van der Waals surface area contributed by atoms with Gasteiger partial charge in [0.05, 0.1) is 12.2 Å². The van der Waals surface area contributed by atoms with Crippen LogP contribution >= 0.6 is 0 Å². The second-order valence-electron chi connectivity index (χ2n) is 4.95. The number of carbonyl (C=O) groups excluding carboxylic acids is 1. The molecule has 1 aromatic rings. The van der Waals surface area contributed by atoms with E-state index >= 15 is 0 Å². The van der Waals surface area contributed by atoms with E-state index in [-0.39, 0.29) is 5.78 Å². The van der Waals surface area contributed by atoms with Crippen LogP contribution in [0, 0.1) is 5.82 Å². The molecule has 0 saturated carbocycles. The van der Waals surface area contributed by atoms with E-state index in [1.54, 1.807) is 0 Å². The molecule has 1 aromatic carbocycles. The summed E-state index contributed by atoms with van der Waals surface area (Å²) in [5.74, 6) is -0.0982. The summed E-state index contributed by atoms with van der Waals surface area (Å²) in [5.41, 5.74) is 0.321. The maximum atomic E-state index is 13.1. The fraction of sp³-hybridized carbons (Fsp3) is 0.533. The standard InChI is InChI=1S/C15H20FNO2/c1-12(18)14-11-13(16)5-6-15(14)19-10-4-9-17-7-2-3-8-17/h5-6,11H,2-4,7-10H2,1H3. The zero-order valence-electron chi connectivity index (χ0n) is 11.3. The largest absolute Gasteiger partial charge is 0.493 e. The van der Waals surface area contributed by atoms with Crippen LogP contribution in [0.3, 0.4) is 0 Å². The summed E-state index contributed by atoms with van der Waals surface area (Å²) in [4.78, 5) is 13.8. The number of ether oxygens (including phenoxy) is 1. The van der Waals surface area contributed by atoms with E-state index in [2.05, 4.69) is 4.90 Å². The molecule has 0 aromatic heterocycles. The van der Waals surface area contributed by atoms with Crippen LogP contribution in [-0.4, -0.2) is 36.9 Å². The molecule has 0 bridgehead atoms. The van der Waals surface area contributed by atoms with Crippen molar-refractivity contribution in [2.24, 2.45) is 0 Å². The lowest BCUT2D eigenvalue weighted by atomic mass is 10.1. The molecule has 2 rings (SSSR count). The number of likely N-dealkylation sites (tertiary alicyclic amines) is 1. The minimum atomic E-state index is -0.408. The van der Waals surface area contributed by atoms with Gasteiger partial charge >= 0.3 is 0 Å². The molecule has 0 amide bonds. The Balaban J connectivity index is 1.83. The van der Waals surface area contributed by atoms with Crippen molar-refractivity contribution in [1.82, 2.24) is 4.90 Å². The van der Waals surface area contributed by atoms with E-state index < -0.39 is 5.82 Å². The fourth-order valence-corrected chi connectivity index (χ4v) is 2.38. The van der Waals surface area contributed by atoms with Crippen LogP contribution in [0.4, 0.5) is 4.39 Å². The van der Waals surface area contributed by atoms with Crippen LogP contribution in [0.15, 0.2) is 18.2 Å². The van der Waals surface area contributed by atoms with Crippen LogP contribution in [0.1, 0.15) is 36.5 Å². The number of benzene rings is 1. The quantitative estimate of drug-likeness (QED) is 0.585. The highest BCUT2D eigenvalue weighted by Crippen LogP contribution is 2.20. The van der Waals surface area contributed by atoms with Gasteiger partial charge in [0, 0.05) is 6.54 Å².